The van der Waals surface area contributed by atoms with Crippen LogP contribution in [-0.2, 0) is 19.6 Å². The van der Waals surface area contributed by atoms with E-state index in [1.54, 1.807) is 0 Å². The second-order valence-electron chi connectivity index (χ2n) is 4.01. The van der Waals surface area contributed by atoms with Gasteiger partial charge in [0.2, 0.25) is 10.0 Å². The third-order valence-corrected chi connectivity index (χ3v) is 4.42. The third-order valence-electron chi connectivity index (χ3n) is 2.56. The van der Waals surface area contributed by atoms with Gasteiger partial charge in [-0.05, 0) is 25.1 Å². The predicted molar refractivity (Wildman–Crippen MR) is 81.4 cm³/mol. The SMILES string of the molecule is COC(=O)C(C)S(=O)(=O)Nc1ccc(Cl)cc1C#CCN. The van der Waals surface area contributed by atoms with Crippen molar-refractivity contribution in [3.63, 3.8) is 0 Å². The molecule has 0 fully saturated rings. The molecule has 0 saturated carbocycles. The van der Waals surface area contributed by atoms with Crippen molar-refractivity contribution < 1.29 is 17.9 Å². The summed E-state index contributed by atoms with van der Waals surface area (Å²) in [4.78, 5) is 11.4. The summed E-state index contributed by atoms with van der Waals surface area (Å²) in [7, 11) is -2.83. The molecule has 0 bridgehead atoms. The molecule has 0 aromatic heterocycles. The van der Waals surface area contributed by atoms with Gasteiger partial charge in [0.1, 0.15) is 0 Å². The minimum Gasteiger partial charge on any atom is -0.468 e. The molecule has 0 saturated heterocycles. The molecule has 0 aliphatic heterocycles. The number of carbonyl (C=O) groups is 1. The number of rotatable bonds is 4. The minimum atomic E-state index is -3.95. The number of benzene rings is 1. The standard InChI is InChI=1S/C13H15ClN2O4S/c1-9(13(17)20-2)21(18,19)16-12-6-5-11(14)8-10(12)4-3-7-15/h5-6,8-9,16H,7,15H2,1-2H3. The van der Waals surface area contributed by atoms with E-state index >= 15 is 0 Å². The Kier molecular flexibility index (Phi) is 6.03. The average Bonchev–Trinajstić information content (AvgIpc) is 2.45. The Labute approximate surface area is 128 Å². The highest BCUT2D eigenvalue weighted by atomic mass is 35.5. The molecule has 8 heteroatoms. The van der Waals surface area contributed by atoms with E-state index in [4.69, 9.17) is 17.3 Å². The van der Waals surface area contributed by atoms with Gasteiger partial charge in [-0.15, -0.1) is 0 Å². The van der Waals surface area contributed by atoms with Gasteiger partial charge >= 0.3 is 5.97 Å². The van der Waals surface area contributed by atoms with Gasteiger partial charge in [0.25, 0.3) is 0 Å². The molecule has 0 spiro atoms. The van der Waals surface area contributed by atoms with Crippen molar-refractivity contribution in [2.45, 2.75) is 12.2 Å². The van der Waals surface area contributed by atoms with Crippen molar-refractivity contribution in [2.75, 3.05) is 18.4 Å². The Balaban J connectivity index is 3.15. The monoisotopic (exact) mass is 330 g/mol. The molecule has 6 nitrogen and oxygen atoms in total. The van der Waals surface area contributed by atoms with E-state index in [0.29, 0.717) is 10.6 Å². The normalized spacial score (nSPS) is 12.0. The summed E-state index contributed by atoms with van der Waals surface area (Å²) in [6.45, 7) is 1.35. The molecule has 114 valence electrons. The molecule has 0 aliphatic rings. The van der Waals surface area contributed by atoms with Crippen molar-refractivity contribution >= 4 is 33.3 Å². The second-order valence-corrected chi connectivity index (χ2v) is 6.45. The summed E-state index contributed by atoms with van der Waals surface area (Å²) >= 11 is 5.85. The largest absolute Gasteiger partial charge is 0.468 e. The van der Waals surface area contributed by atoms with Crippen LogP contribution in [0.1, 0.15) is 12.5 Å². The number of hydrogen-bond acceptors (Lipinski definition) is 5. The van der Waals surface area contributed by atoms with E-state index in [9.17, 15) is 13.2 Å². The average molecular weight is 331 g/mol. The first-order chi connectivity index (χ1) is 9.81. The maximum absolute atomic E-state index is 12.1. The minimum absolute atomic E-state index is 0.122. The van der Waals surface area contributed by atoms with Crippen molar-refractivity contribution in [1.82, 2.24) is 0 Å². The van der Waals surface area contributed by atoms with Gasteiger partial charge in [0.05, 0.1) is 24.9 Å². The summed E-state index contributed by atoms with van der Waals surface area (Å²) in [5.74, 6) is 4.47. The lowest BCUT2D eigenvalue weighted by Crippen LogP contribution is -2.33. The topological polar surface area (TPSA) is 98.5 Å². The highest BCUT2D eigenvalue weighted by Gasteiger charge is 2.29. The molecule has 0 heterocycles. The van der Waals surface area contributed by atoms with Gasteiger partial charge in [-0.25, -0.2) is 8.42 Å². The molecule has 1 aromatic rings. The van der Waals surface area contributed by atoms with Crippen molar-refractivity contribution in [2.24, 2.45) is 5.73 Å². The molecule has 1 rings (SSSR count). The number of sulfonamides is 1. The Morgan fingerprint density at radius 1 is 1.52 bits per heavy atom. The lowest BCUT2D eigenvalue weighted by Gasteiger charge is -2.14. The highest BCUT2D eigenvalue weighted by molar-refractivity contribution is 7.94. The Bertz CT molecular complexity index is 692. The number of nitrogens with two attached hydrogens (primary N) is 1. The zero-order valence-electron chi connectivity index (χ0n) is 11.5. The number of anilines is 1. The molecular weight excluding hydrogens is 316 g/mol. The lowest BCUT2D eigenvalue weighted by molar-refractivity contribution is -0.139. The Hall–Kier alpha value is -1.75. The number of nitrogens with one attached hydrogen (secondary N) is 1. The summed E-state index contributed by atoms with van der Waals surface area (Å²) in [5, 5.41) is -0.950. The first-order valence-electron chi connectivity index (χ1n) is 5.89. The molecule has 1 aromatic carbocycles. The fraction of sp³-hybridized carbons (Fsp3) is 0.308. The van der Waals surface area contributed by atoms with E-state index in [2.05, 4.69) is 21.3 Å². The lowest BCUT2D eigenvalue weighted by atomic mass is 10.2. The Morgan fingerprint density at radius 3 is 2.76 bits per heavy atom. The van der Waals surface area contributed by atoms with Crippen LogP contribution in [0, 0.1) is 11.8 Å². The number of hydrogen-bond donors (Lipinski definition) is 2. The van der Waals surface area contributed by atoms with E-state index < -0.39 is 21.2 Å². The van der Waals surface area contributed by atoms with E-state index in [-0.39, 0.29) is 12.2 Å². The second kappa shape index (κ2) is 7.31. The van der Waals surface area contributed by atoms with Crippen LogP contribution >= 0.6 is 11.6 Å². The van der Waals surface area contributed by atoms with Crippen molar-refractivity contribution in [3.05, 3.63) is 28.8 Å². The molecular formula is C13H15ClN2O4S. The van der Waals surface area contributed by atoms with Crippen LogP contribution in [0.2, 0.25) is 5.02 Å². The van der Waals surface area contributed by atoms with Gasteiger partial charge in [0.15, 0.2) is 5.25 Å². The molecule has 1 unspecified atom stereocenters. The maximum atomic E-state index is 12.1. The number of carbonyl (C=O) groups excluding carboxylic acids is 1. The van der Waals surface area contributed by atoms with E-state index in [1.807, 2.05) is 0 Å². The Morgan fingerprint density at radius 2 is 2.19 bits per heavy atom. The first-order valence-corrected chi connectivity index (χ1v) is 7.82. The van der Waals surface area contributed by atoms with E-state index in [1.165, 1.54) is 25.1 Å². The summed E-state index contributed by atoms with van der Waals surface area (Å²) in [5.41, 5.74) is 5.88. The van der Waals surface area contributed by atoms with Crippen LogP contribution in [-0.4, -0.2) is 33.3 Å². The molecule has 0 radical (unpaired) electrons. The quantitative estimate of drug-likeness (QED) is 0.632. The number of halogens is 1. The van der Waals surface area contributed by atoms with Gasteiger partial charge < -0.3 is 10.5 Å². The molecule has 21 heavy (non-hydrogen) atoms. The van der Waals surface area contributed by atoms with Crippen LogP contribution in [0.4, 0.5) is 5.69 Å². The van der Waals surface area contributed by atoms with Crippen LogP contribution < -0.4 is 10.5 Å². The predicted octanol–water partition coefficient (Wildman–Crippen LogP) is 0.953. The van der Waals surface area contributed by atoms with Crippen LogP contribution in [0.5, 0.6) is 0 Å². The van der Waals surface area contributed by atoms with Gasteiger partial charge in [-0.3, -0.25) is 9.52 Å². The first kappa shape index (κ1) is 17.3. The summed E-state index contributed by atoms with van der Waals surface area (Å²) in [6, 6.07) is 4.48. The smallest absolute Gasteiger partial charge is 0.325 e. The zero-order valence-corrected chi connectivity index (χ0v) is 13.1. The molecule has 0 aliphatic carbocycles. The number of methoxy groups -OCH3 is 1. The maximum Gasteiger partial charge on any atom is 0.325 e. The van der Waals surface area contributed by atoms with Crippen LogP contribution in [0.3, 0.4) is 0 Å². The van der Waals surface area contributed by atoms with Gasteiger partial charge in [-0.2, -0.15) is 0 Å². The molecule has 3 N–H and O–H groups in total. The fourth-order valence-electron chi connectivity index (χ4n) is 1.39. The molecule has 1 atom stereocenters. The van der Waals surface area contributed by atoms with Crippen molar-refractivity contribution in [1.29, 1.82) is 0 Å². The molecule has 0 amide bonds. The number of ether oxygens (including phenoxy) is 1. The van der Waals surface area contributed by atoms with Crippen LogP contribution in [0.25, 0.3) is 0 Å². The van der Waals surface area contributed by atoms with E-state index in [0.717, 1.165) is 7.11 Å². The third kappa shape index (κ3) is 4.63. The highest BCUT2D eigenvalue weighted by Crippen LogP contribution is 2.22. The summed E-state index contributed by atoms with van der Waals surface area (Å²) < 4.78 is 30.9. The van der Waals surface area contributed by atoms with Crippen molar-refractivity contribution in [3.8, 4) is 11.8 Å². The van der Waals surface area contributed by atoms with Gasteiger partial charge in [-0.1, -0.05) is 23.4 Å². The summed E-state index contributed by atoms with van der Waals surface area (Å²) in [6.07, 6.45) is 0. The fourth-order valence-corrected chi connectivity index (χ4v) is 2.57. The van der Waals surface area contributed by atoms with Gasteiger partial charge in [0, 0.05) is 5.02 Å². The number of esters is 1. The zero-order chi connectivity index (χ0) is 16.0. The van der Waals surface area contributed by atoms with Crippen LogP contribution in [0.15, 0.2) is 18.2 Å².